The van der Waals surface area contributed by atoms with Crippen LogP contribution in [0.4, 0.5) is 22.0 Å². The van der Waals surface area contributed by atoms with E-state index in [1.807, 2.05) is 0 Å². The second-order valence-corrected chi connectivity index (χ2v) is 3.51. The highest BCUT2D eigenvalue weighted by molar-refractivity contribution is 7.80. The van der Waals surface area contributed by atoms with E-state index in [0.717, 1.165) is 0 Å². The molecule has 0 radical (unpaired) electrons. The summed E-state index contributed by atoms with van der Waals surface area (Å²) in [6.07, 6.45) is -5.08. The van der Waals surface area contributed by atoms with Gasteiger partial charge in [-0.05, 0) is 6.07 Å². The Bertz CT molecular complexity index is 409. The van der Waals surface area contributed by atoms with Crippen LogP contribution in [0.5, 0.6) is 5.75 Å². The average molecular weight is 273 g/mol. The number of hydrogen-bond donors (Lipinski definition) is 2. The van der Waals surface area contributed by atoms with Crippen LogP contribution in [0.25, 0.3) is 0 Å². The average Bonchev–Trinajstić information content (AvgIpc) is 2.20. The Hall–Kier alpha value is -1.02. The lowest BCUT2D eigenvalue weighted by atomic mass is 10.1. The second-order valence-electron chi connectivity index (χ2n) is 3.14. The van der Waals surface area contributed by atoms with Crippen LogP contribution in [0.15, 0.2) is 12.1 Å². The molecule has 0 aromatic heterocycles. The van der Waals surface area contributed by atoms with Gasteiger partial charge in [0.1, 0.15) is 5.82 Å². The zero-order chi connectivity index (χ0) is 13.2. The largest absolute Gasteiger partial charge is 0.573 e. The highest BCUT2D eigenvalue weighted by Gasteiger charge is 2.33. The number of ether oxygens (including phenoxy) is 1. The van der Waals surface area contributed by atoms with Gasteiger partial charge in [-0.15, -0.1) is 13.2 Å². The monoisotopic (exact) mass is 273 g/mol. The van der Waals surface area contributed by atoms with Crippen LogP contribution in [0.1, 0.15) is 11.6 Å². The minimum atomic E-state index is -5.08. The first-order valence-electron chi connectivity index (χ1n) is 4.35. The first-order chi connectivity index (χ1) is 7.74. The summed E-state index contributed by atoms with van der Waals surface area (Å²) in [5.74, 6) is -3.62. The molecule has 0 bridgehead atoms. The molecule has 0 aliphatic carbocycles. The zero-order valence-electron chi connectivity index (χ0n) is 8.26. The van der Waals surface area contributed by atoms with Gasteiger partial charge < -0.3 is 10.5 Å². The summed E-state index contributed by atoms with van der Waals surface area (Å²) in [5, 5.41) is 0. The van der Waals surface area contributed by atoms with Gasteiger partial charge in [-0.3, -0.25) is 0 Å². The van der Waals surface area contributed by atoms with Crippen LogP contribution in [0.2, 0.25) is 0 Å². The summed E-state index contributed by atoms with van der Waals surface area (Å²) in [6.45, 7) is 0. The highest BCUT2D eigenvalue weighted by Crippen LogP contribution is 2.29. The van der Waals surface area contributed by atoms with Crippen molar-refractivity contribution >= 4 is 12.6 Å². The lowest BCUT2D eigenvalue weighted by molar-refractivity contribution is -0.275. The molecule has 0 saturated heterocycles. The lowest BCUT2D eigenvalue weighted by Crippen LogP contribution is -2.19. The number of benzene rings is 1. The van der Waals surface area contributed by atoms with Gasteiger partial charge in [0.2, 0.25) is 0 Å². The maximum Gasteiger partial charge on any atom is 0.573 e. The number of halogens is 5. The summed E-state index contributed by atoms with van der Waals surface area (Å²) < 4.78 is 65.3. The minimum Gasteiger partial charge on any atom is -0.403 e. The van der Waals surface area contributed by atoms with Crippen LogP contribution < -0.4 is 10.5 Å². The normalized spacial score (nSPS) is 13.6. The lowest BCUT2D eigenvalue weighted by Gasteiger charge is -2.14. The molecule has 1 unspecified atom stereocenters. The number of thiol groups is 1. The molecule has 0 aliphatic heterocycles. The number of nitrogens with two attached hydrogens (primary N) is 1. The van der Waals surface area contributed by atoms with Crippen LogP contribution in [-0.4, -0.2) is 12.1 Å². The van der Waals surface area contributed by atoms with Gasteiger partial charge in [-0.25, -0.2) is 8.78 Å². The molecular formula is C9H8F5NOS. The Morgan fingerprint density at radius 2 is 1.82 bits per heavy atom. The summed E-state index contributed by atoms with van der Waals surface area (Å²) in [5.41, 5.74) is 5.14. The predicted octanol–water partition coefficient (Wildman–Crippen LogP) is 2.79. The van der Waals surface area contributed by atoms with Crippen LogP contribution in [0.3, 0.4) is 0 Å². The second kappa shape index (κ2) is 5.09. The summed E-state index contributed by atoms with van der Waals surface area (Å²) in [6, 6.07) is -0.0357. The zero-order valence-corrected chi connectivity index (χ0v) is 9.16. The van der Waals surface area contributed by atoms with E-state index in [4.69, 9.17) is 5.73 Å². The van der Waals surface area contributed by atoms with Crippen molar-refractivity contribution in [1.82, 2.24) is 0 Å². The Balaban J connectivity index is 3.10. The molecule has 8 heteroatoms. The smallest absolute Gasteiger partial charge is 0.403 e. The first kappa shape index (κ1) is 14.0. The van der Waals surface area contributed by atoms with E-state index in [0.29, 0.717) is 12.1 Å². The maximum atomic E-state index is 13.3. The highest BCUT2D eigenvalue weighted by atomic mass is 32.1. The molecule has 1 aromatic carbocycles. The van der Waals surface area contributed by atoms with Crippen LogP contribution in [-0.2, 0) is 0 Å². The summed E-state index contributed by atoms with van der Waals surface area (Å²) >= 11 is 3.78. The van der Waals surface area contributed by atoms with E-state index in [1.165, 1.54) is 0 Å². The van der Waals surface area contributed by atoms with Crippen molar-refractivity contribution < 1.29 is 26.7 Å². The SMILES string of the molecule is NC(CS)c1cc(F)c(OC(F)(F)F)cc1F. The third-order valence-electron chi connectivity index (χ3n) is 1.87. The molecule has 2 N–H and O–H groups in total. The van der Waals surface area contributed by atoms with Gasteiger partial charge in [-0.2, -0.15) is 12.6 Å². The van der Waals surface area contributed by atoms with Crippen molar-refractivity contribution in [3.8, 4) is 5.75 Å². The molecule has 1 aromatic rings. The summed E-state index contributed by atoms with van der Waals surface area (Å²) in [4.78, 5) is 0. The summed E-state index contributed by atoms with van der Waals surface area (Å²) in [7, 11) is 0. The quantitative estimate of drug-likeness (QED) is 0.656. The van der Waals surface area contributed by atoms with E-state index in [2.05, 4.69) is 17.4 Å². The molecule has 17 heavy (non-hydrogen) atoms. The molecule has 2 nitrogen and oxygen atoms in total. The van der Waals surface area contributed by atoms with E-state index in [1.54, 1.807) is 0 Å². The van der Waals surface area contributed by atoms with E-state index < -0.39 is 29.8 Å². The molecule has 0 spiro atoms. The van der Waals surface area contributed by atoms with Gasteiger partial charge >= 0.3 is 6.36 Å². The molecule has 0 amide bonds. The molecule has 0 saturated carbocycles. The van der Waals surface area contributed by atoms with E-state index in [-0.39, 0.29) is 11.3 Å². The topological polar surface area (TPSA) is 35.2 Å². The minimum absolute atomic E-state index is 0.0236. The van der Waals surface area contributed by atoms with Gasteiger partial charge in [-0.1, -0.05) is 0 Å². The van der Waals surface area contributed by atoms with Crippen molar-refractivity contribution in [1.29, 1.82) is 0 Å². The first-order valence-corrected chi connectivity index (χ1v) is 4.99. The van der Waals surface area contributed by atoms with Gasteiger partial charge in [0, 0.05) is 23.4 Å². The molecule has 0 fully saturated rings. The Kier molecular flexibility index (Phi) is 4.21. The van der Waals surface area contributed by atoms with Crippen molar-refractivity contribution in [2.24, 2.45) is 5.73 Å². The molecule has 1 rings (SSSR count). The van der Waals surface area contributed by atoms with Gasteiger partial charge in [0.25, 0.3) is 0 Å². The predicted molar refractivity (Wildman–Crippen MR) is 53.8 cm³/mol. The molecule has 96 valence electrons. The molecule has 1 atom stereocenters. The fourth-order valence-electron chi connectivity index (χ4n) is 1.13. The fourth-order valence-corrected chi connectivity index (χ4v) is 1.33. The maximum absolute atomic E-state index is 13.3. The molecule has 0 heterocycles. The van der Waals surface area contributed by atoms with Crippen molar-refractivity contribution in [3.63, 3.8) is 0 Å². The van der Waals surface area contributed by atoms with Crippen molar-refractivity contribution in [3.05, 3.63) is 29.3 Å². The molecular weight excluding hydrogens is 265 g/mol. The fraction of sp³-hybridized carbons (Fsp3) is 0.333. The van der Waals surface area contributed by atoms with Crippen LogP contribution in [0, 0.1) is 11.6 Å². The van der Waals surface area contributed by atoms with E-state index >= 15 is 0 Å². The van der Waals surface area contributed by atoms with Gasteiger partial charge in [0.05, 0.1) is 0 Å². The van der Waals surface area contributed by atoms with Crippen molar-refractivity contribution in [2.75, 3.05) is 5.75 Å². The Labute approximate surface area is 99.0 Å². The van der Waals surface area contributed by atoms with Crippen molar-refractivity contribution in [2.45, 2.75) is 12.4 Å². The third-order valence-corrected chi connectivity index (χ3v) is 2.27. The standard InChI is InChI=1S/C9H8F5NOS/c10-5-2-8(16-9(12,13)14)6(11)1-4(5)7(15)3-17/h1-2,7,17H,3,15H2. The van der Waals surface area contributed by atoms with Crippen LogP contribution >= 0.6 is 12.6 Å². The Morgan fingerprint density at radius 1 is 1.24 bits per heavy atom. The number of alkyl halides is 3. The number of rotatable bonds is 3. The van der Waals surface area contributed by atoms with E-state index in [9.17, 15) is 22.0 Å². The molecule has 0 aliphatic rings. The van der Waals surface area contributed by atoms with Gasteiger partial charge in [0.15, 0.2) is 11.6 Å². The number of hydrogen-bond acceptors (Lipinski definition) is 3. The third kappa shape index (κ3) is 3.74. The Morgan fingerprint density at radius 3 is 2.29 bits per heavy atom.